The Balaban J connectivity index is 1.16. The quantitative estimate of drug-likeness (QED) is 0.261. The first kappa shape index (κ1) is 30.5. The van der Waals surface area contributed by atoms with Gasteiger partial charge in [-0.3, -0.25) is 4.79 Å². The second kappa shape index (κ2) is 12.8. The Bertz CT molecular complexity index is 1730. The molecule has 236 valence electrons. The second-order valence-electron chi connectivity index (χ2n) is 12.4. The number of nitrogens with two attached hydrogens (primary N) is 1. The molecule has 45 heavy (non-hydrogen) atoms. The summed E-state index contributed by atoms with van der Waals surface area (Å²) < 4.78 is 35.4. The van der Waals surface area contributed by atoms with Crippen molar-refractivity contribution in [1.29, 1.82) is 0 Å². The van der Waals surface area contributed by atoms with Crippen molar-refractivity contribution in [2.24, 2.45) is 11.8 Å². The molecule has 1 fully saturated rings. The lowest BCUT2D eigenvalue weighted by atomic mass is 9.94. The number of likely N-dealkylation sites (tertiary alicyclic amines) is 1. The number of nitrogen functional groups attached to an aromatic ring is 1. The van der Waals surface area contributed by atoms with Gasteiger partial charge in [-0.15, -0.1) is 0 Å². The topological polar surface area (TPSA) is 107 Å². The molecule has 6 rings (SSSR count). The highest BCUT2D eigenvalue weighted by Crippen LogP contribution is 2.38. The van der Waals surface area contributed by atoms with E-state index in [0.29, 0.717) is 50.3 Å². The van der Waals surface area contributed by atoms with E-state index in [2.05, 4.69) is 26.8 Å². The normalized spacial score (nSPS) is 15.2. The average Bonchev–Trinajstić information content (AvgIpc) is 3.63. The van der Waals surface area contributed by atoms with Crippen LogP contribution >= 0.6 is 0 Å². The summed E-state index contributed by atoms with van der Waals surface area (Å²) in [5.74, 6) is -0.259. The van der Waals surface area contributed by atoms with E-state index in [4.69, 9.17) is 10.5 Å². The van der Waals surface area contributed by atoms with Gasteiger partial charge in [-0.05, 0) is 79.0 Å². The number of ether oxygens (including phenoxy) is 1. The molecule has 0 atom stereocenters. The van der Waals surface area contributed by atoms with Crippen LogP contribution < -0.4 is 10.6 Å². The van der Waals surface area contributed by atoms with Crippen LogP contribution in [0.3, 0.4) is 0 Å². The predicted molar refractivity (Wildman–Crippen MR) is 169 cm³/mol. The first-order chi connectivity index (χ1) is 21.7. The van der Waals surface area contributed by atoms with Crippen molar-refractivity contribution in [3.8, 4) is 11.1 Å². The van der Waals surface area contributed by atoms with Gasteiger partial charge in [0.1, 0.15) is 29.4 Å². The van der Waals surface area contributed by atoms with Crippen LogP contribution in [0.4, 0.5) is 25.1 Å². The standard InChI is InChI=1S/C34H38F2N6O3/c1-21(2)19-45-34(44)40-11-7-22(8-12-40)9-13-41-18-27(31-32(37)38-20-39-33(31)41)23-3-6-29-24(15-23)10-14-42(29)30(43)17-25-16-26(35)4-5-28(25)36/h3-6,15-16,18,20-22H,7-14,17,19H2,1-2H3,(H2,37,38,39). The fourth-order valence-electron chi connectivity index (χ4n) is 6.36. The summed E-state index contributed by atoms with van der Waals surface area (Å²) >= 11 is 0. The molecule has 1 saturated heterocycles. The highest BCUT2D eigenvalue weighted by Gasteiger charge is 2.27. The molecule has 0 saturated carbocycles. The summed E-state index contributed by atoms with van der Waals surface area (Å²) in [5.41, 5.74) is 10.8. The third-order valence-electron chi connectivity index (χ3n) is 8.81. The van der Waals surface area contributed by atoms with Gasteiger partial charge in [0, 0.05) is 49.2 Å². The molecule has 11 heteroatoms. The second-order valence-corrected chi connectivity index (χ2v) is 12.4. The summed E-state index contributed by atoms with van der Waals surface area (Å²) in [5, 5.41) is 0.785. The summed E-state index contributed by atoms with van der Waals surface area (Å²) in [6.45, 7) is 7.09. The molecule has 2 N–H and O–H groups in total. The number of amides is 2. The van der Waals surface area contributed by atoms with Gasteiger partial charge >= 0.3 is 6.09 Å². The summed E-state index contributed by atoms with van der Waals surface area (Å²) in [6.07, 6.45) is 6.54. The molecule has 4 aromatic rings. The van der Waals surface area contributed by atoms with Crippen molar-refractivity contribution in [1.82, 2.24) is 19.4 Å². The largest absolute Gasteiger partial charge is 0.449 e. The van der Waals surface area contributed by atoms with Gasteiger partial charge in [0.25, 0.3) is 0 Å². The van der Waals surface area contributed by atoms with Gasteiger partial charge in [-0.2, -0.15) is 0 Å². The van der Waals surface area contributed by atoms with Crippen molar-refractivity contribution in [3.05, 3.63) is 71.7 Å². The Morgan fingerprint density at radius 2 is 1.87 bits per heavy atom. The highest BCUT2D eigenvalue weighted by atomic mass is 19.1. The van der Waals surface area contributed by atoms with Gasteiger partial charge in [0.15, 0.2) is 0 Å². The van der Waals surface area contributed by atoms with Crippen molar-refractivity contribution in [3.63, 3.8) is 0 Å². The lowest BCUT2D eigenvalue weighted by molar-refractivity contribution is -0.117. The molecule has 2 aliphatic heterocycles. The maximum Gasteiger partial charge on any atom is 0.409 e. The SMILES string of the molecule is CC(C)COC(=O)N1CCC(CCn2cc(-c3ccc4c(c3)CCN4C(=O)Cc3cc(F)ccc3F)c3c(N)ncnc32)CC1. The predicted octanol–water partition coefficient (Wildman–Crippen LogP) is 5.99. The van der Waals surface area contributed by atoms with E-state index in [1.165, 1.54) is 6.33 Å². The fourth-order valence-corrected chi connectivity index (χ4v) is 6.36. The van der Waals surface area contributed by atoms with Crippen LogP contribution in [-0.2, 0) is 28.9 Å². The molecule has 0 spiro atoms. The van der Waals surface area contributed by atoms with E-state index in [1.54, 1.807) is 9.80 Å². The van der Waals surface area contributed by atoms with Gasteiger partial charge < -0.3 is 24.8 Å². The van der Waals surface area contributed by atoms with E-state index < -0.39 is 11.6 Å². The van der Waals surface area contributed by atoms with Crippen molar-refractivity contribution >= 4 is 34.5 Å². The minimum Gasteiger partial charge on any atom is -0.449 e. The lowest BCUT2D eigenvalue weighted by Crippen LogP contribution is -2.39. The van der Waals surface area contributed by atoms with E-state index in [0.717, 1.165) is 77.4 Å². The molecule has 2 aromatic heterocycles. The molecule has 0 bridgehead atoms. The number of carbonyl (C=O) groups excluding carboxylic acids is 2. The number of aryl methyl sites for hydroxylation is 1. The van der Waals surface area contributed by atoms with Crippen LogP contribution in [0, 0.1) is 23.5 Å². The molecule has 2 aromatic carbocycles. The van der Waals surface area contributed by atoms with Crippen molar-refractivity contribution in [2.45, 2.75) is 52.5 Å². The Morgan fingerprint density at radius 1 is 1.07 bits per heavy atom. The number of hydrogen-bond acceptors (Lipinski definition) is 6. The maximum absolute atomic E-state index is 14.2. The molecule has 9 nitrogen and oxygen atoms in total. The highest BCUT2D eigenvalue weighted by molar-refractivity contribution is 6.02. The third-order valence-corrected chi connectivity index (χ3v) is 8.81. The monoisotopic (exact) mass is 616 g/mol. The van der Waals surface area contributed by atoms with E-state index >= 15 is 0 Å². The Hall–Kier alpha value is -4.54. The maximum atomic E-state index is 14.2. The molecule has 4 heterocycles. The number of aromatic nitrogens is 3. The molecule has 0 radical (unpaired) electrons. The molecular formula is C34H38F2N6O3. The number of anilines is 2. The van der Waals surface area contributed by atoms with Gasteiger partial charge in [0.2, 0.25) is 5.91 Å². The van der Waals surface area contributed by atoms with Gasteiger partial charge in [-0.1, -0.05) is 19.9 Å². The van der Waals surface area contributed by atoms with Crippen LogP contribution in [0.5, 0.6) is 0 Å². The summed E-state index contributed by atoms with van der Waals surface area (Å²) in [7, 11) is 0. The molecule has 2 amide bonds. The third kappa shape index (κ3) is 6.48. The van der Waals surface area contributed by atoms with Crippen LogP contribution in [0.2, 0.25) is 0 Å². The molecule has 0 aliphatic carbocycles. The van der Waals surface area contributed by atoms with E-state index in [-0.39, 0.29) is 24.0 Å². The number of carbonyl (C=O) groups is 2. The zero-order valence-corrected chi connectivity index (χ0v) is 25.6. The molecule has 2 aliphatic rings. The zero-order valence-electron chi connectivity index (χ0n) is 25.6. The number of piperidine rings is 1. The fraction of sp³-hybridized carbons (Fsp3) is 0.412. The smallest absolute Gasteiger partial charge is 0.409 e. The minimum atomic E-state index is -0.594. The van der Waals surface area contributed by atoms with Crippen LogP contribution in [0.1, 0.15) is 44.2 Å². The molecule has 0 unspecified atom stereocenters. The van der Waals surface area contributed by atoms with Gasteiger partial charge in [0.05, 0.1) is 18.4 Å². The lowest BCUT2D eigenvalue weighted by Gasteiger charge is -2.31. The summed E-state index contributed by atoms with van der Waals surface area (Å²) in [4.78, 5) is 37.7. The zero-order chi connectivity index (χ0) is 31.7. The number of hydrogen-bond donors (Lipinski definition) is 1. The Morgan fingerprint density at radius 3 is 2.64 bits per heavy atom. The van der Waals surface area contributed by atoms with E-state index in [1.807, 2.05) is 26.0 Å². The van der Waals surface area contributed by atoms with Crippen LogP contribution in [0.25, 0.3) is 22.2 Å². The van der Waals surface area contributed by atoms with Crippen LogP contribution in [-0.4, -0.2) is 57.7 Å². The number of rotatable bonds is 8. The Kier molecular flexibility index (Phi) is 8.69. The van der Waals surface area contributed by atoms with Crippen molar-refractivity contribution in [2.75, 3.05) is 36.9 Å². The van der Waals surface area contributed by atoms with Crippen molar-refractivity contribution < 1.29 is 23.1 Å². The Labute approximate surface area is 261 Å². The average molecular weight is 617 g/mol. The first-order valence-electron chi connectivity index (χ1n) is 15.6. The minimum absolute atomic E-state index is 0.0445. The van der Waals surface area contributed by atoms with E-state index in [9.17, 15) is 18.4 Å². The van der Waals surface area contributed by atoms with Crippen LogP contribution in [0.15, 0.2) is 48.9 Å². The number of benzene rings is 2. The number of fused-ring (bicyclic) bond motifs is 2. The number of nitrogens with zero attached hydrogens (tertiary/aromatic N) is 5. The van der Waals surface area contributed by atoms with Gasteiger partial charge in [-0.25, -0.2) is 23.5 Å². The summed E-state index contributed by atoms with van der Waals surface area (Å²) in [6, 6.07) is 9.08. The first-order valence-corrected chi connectivity index (χ1v) is 15.6. The number of halogens is 2. The molecular weight excluding hydrogens is 578 g/mol.